The Balaban J connectivity index is 1.68. The third-order valence-corrected chi connectivity index (χ3v) is 7.75. The maximum atomic E-state index is 9.97. The van der Waals surface area contributed by atoms with Gasteiger partial charge < -0.3 is 10.8 Å². The molecule has 4 rings (SSSR count). The molecule has 0 aromatic heterocycles. The maximum Gasteiger partial charge on any atom is 0.0724 e. The van der Waals surface area contributed by atoms with Crippen LogP contribution in [0.3, 0.4) is 0 Å². The summed E-state index contributed by atoms with van der Waals surface area (Å²) >= 11 is 0. The molecule has 0 unspecified atom stereocenters. The third kappa shape index (κ3) is 1.78. The molecule has 8 atom stereocenters. The first-order valence-corrected chi connectivity index (χ1v) is 8.76. The smallest absolute Gasteiger partial charge is 0.0724 e. The zero-order valence-corrected chi connectivity index (χ0v) is 13.3. The van der Waals surface area contributed by atoms with Crippen LogP contribution in [0, 0.1) is 34.5 Å². The Hall–Kier alpha value is -0.600. The van der Waals surface area contributed by atoms with Gasteiger partial charge >= 0.3 is 0 Å². The van der Waals surface area contributed by atoms with E-state index in [1.165, 1.54) is 25.7 Å². The van der Waals surface area contributed by atoms with Gasteiger partial charge in [-0.25, -0.2) is 0 Å². The molecule has 0 bridgehead atoms. The molecule has 0 saturated heterocycles. The van der Waals surface area contributed by atoms with Crippen LogP contribution in [0.2, 0.25) is 0 Å². The number of nitrogens with two attached hydrogens (primary N) is 1. The van der Waals surface area contributed by atoms with Crippen molar-refractivity contribution in [2.45, 2.75) is 58.1 Å². The van der Waals surface area contributed by atoms with Crippen LogP contribution < -0.4 is 5.73 Å². The van der Waals surface area contributed by atoms with Gasteiger partial charge in [0, 0.05) is 6.04 Å². The molecule has 2 saturated carbocycles. The molecule has 4 aliphatic rings. The highest BCUT2D eigenvalue weighted by atomic mass is 16.3. The van der Waals surface area contributed by atoms with Gasteiger partial charge in [0.15, 0.2) is 0 Å². The van der Waals surface area contributed by atoms with Crippen LogP contribution in [-0.2, 0) is 0 Å². The quantitative estimate of drug-likeness (QED) is 0.672. The van der Waals surface area contributed by atoms with Gasteiger partial charge in [-0.05, 0) is 66.6 Å². The number of aliphatic hydroxyl groups excluding tert-OH is 1. The molecular formula is C19H29NO. The average Bonchev–Trinajstić information content (AvgIpc) is 2.76. The van der Waals surface area contributed by atoms with E-state index in [-0.39, 0.29) is 12.1 Å². The zero-order chi connectivity index (χ0) is 14.8. The summed E-state index contributed by atoms with van der Waals surface area (Å²) in [5.74, 6) is 2.90. The molecule has 0 amide bonds. The van der Waals surface area contributed by atoms with E-state index < -0.39 is 0 Å². The van der Waals surface area contributed by atoms with Crippen molar-refractivity contribution in [2.24, 2.45) is 40.2 Å². The van der Waals surface area contributed by atoms with E-state index in [0.29, 0.717) is 22.7 Å². The molecule has 0 heterocycles. The van der Waals surface area contributed by atoms with Crippen LogP contribution in [0.4, 0.5) is 0 Å². The van der Waals surface area contributed by atoms with Crippen LogP contribution in [0.25, 0.3) is 0 Å². The largest absolute Gasteiger partial charge is 0.389 e. The molecule has 0 radical (unpaired) electrons. The summed E-state index contributed by atoms with van der Waals surface area (Å²) in [6.07, 6.45) is 15.0. The van der Waals surface area contributed by atoms with Crippen molar-refractivity contribution >= 4 is 0 Å². The number of rotatable bonds is 0. The average molecular weight is 287 g/mol. The fourth-order valence-corrected chi connectivity index (χ4v) is 6.28. The predicted octanol–water partition coefficient (Wildman–Crippen LogP) is 3.27. The molecule has 4 aliphatic carbocycles. The van der Waals surface area contributed by atoms with Crippen molar-refractivity contribution in [2.75, 3.05) is 0 Å². The number of fused-ring (bicyclic) bond motifs is 5. The summed E-state index contributed by atoms with van der Waals surface area (Å²) in [5, 5.41) is 9.97. The first kappa shape index (κ1) is 14.0. The minimum Gasteiger partial charge on any atom is -0.389 e. The summed E-state index contributed by atoms with van der Waals surface area (Å²) < 4.78 is 0. The van der Waals surface area contributed by atoms with Crippen LogP contribution in [0.1, 0.15) is 46.0 Å². The Labute approximate surface area is 128 Å². The lowest BCUT2D eigenvalue weighted by molar-refractivity contribution is -0.0704. The van der Waals surface area contributed by atoms with E-state index in [9.17, 15) is 5.11 Å². The van der Waals surface area contributed by atoms with Crippen LogP contribution in [-0.4, -0.2) is 17.3 Å². The molecule has 0 spiro atoms. The molecule has 21 heavy (non-hydrogen) atoms. The van der Waals surface area contributed by atoms with Gasteiger partial charge in [-0.1, -0.05) is 38.2 Å². The highest BCUT2D eigenvalue weighted by Crippen LogP contribution is 2.63. The SMILES string of the molecule is C[C@]12C=C[C@H](O)C[C@H]1CC[C@@H]1[C@@H]2CC[C@]2(C)[C@@H](N)C=C[C@@H]12. The number of hydrogen-bond acceptors (Lipinski definition) is 2. The fourth-order valence-electron chi connectivity index (χ4n) is 6.28. The Kier molecular flexibility index (Phi) is 2.97. The van der Waals surface area contributed by atoms with Crippen molar-refractivity contribution in [3.63, 3.8) is 0 Å². The van der Waals surface area contributed by atoms with Gasteiger partial charge in [0.05, 0.1) is 6.10 Å². The Morgan fingerprint density at radius 1 is 1.10 bits per heavy atom. The minimum absolute atomic E-state index is 0.215. The van der Waals surface area contributed by atoms with Crippen molar-refractivity contribution in [1.29, 1.82) is 0 Å². The van der Waals surface area contributed by atoms with E-state index in [1.54, 1.807) is 0 Å². The summed E-state index contributed by atoms with van der Waals surface area (Å²) in [4.78, 5) is 0. The lowest BCUT2D eigenvalue weighted by atomic mass is 9.46. The van der Waals surface area contributed by atoms with Gasteiger partial charge in [-0.15, -0.1) is 0 Å². The van der Waals surface area contributed by atoms with E-state index in [2.05, 4.69) is 38.2 Å². The number of hydrogen-bond donors (Lipinski definition) is 2. The van der Waals surface area contributed by atoms with Crippen molar-refractivity contribution in [3.8, 4) is 0 Å². The molecule has 116 valence electrons. The monoisotopic (exact) mass is 287 g/mol. The summed E-state index contributed by atoms with van der Waals surface area (Å²) in [6.45, 7) is 4.87. The van der Waals surface area contributed by atoms with E-state index in [0.717, 1.165) is 18.3 Å². The van der Waals surface area contributed by atoms with E-state index >= 15 is 0 Å². The molecule has 0 aromatic carbocycles. The molecular weight excluding hydrogens is 258 g/mol. The highest BCUT2D eigenvalue weighted by Gasteiger charge is 2.57. The molecule has 2 heteroatoms. The van der Waals surface area contributed by atoms with Gasteiger partial charge in [0.25, 0.3) is 0 Å². The zero-order valence-electron chi connectivity index (χ0n) is 13.3. The Morgan fingerprint density at radius 3 is 2.71 bits per heavy atom. The maximum absolute atomic E-state index is 9.97. The van der Waals surface area contributed by atoms with Crippen molar-refractivity contribution in [3.05, 3.63) is 24.3 Å². The standard InChI is InChI=1S/C19H29NO/c1-18-9-7-13(21)11-12(18)3-4-14-15-5-6-17(20)19(15,2)10-8-16(14)18/h5-7,9,12-17,21H,3-4,8,10-11,20H2,1-2H3/t12-,13+,14+,15+,16+,17+,18+,19+/m1/s1. The molecule has 0 aliphatic heterocycles. The van der Waals surface area contributed by atoms with Crippen molar-refractivity contribution < 1.29 is 5.11 Å². The fraction of sp³-hybridized carbons (Fsp3) is 0.789. The summed E-state index contributed by atoms with van der Waals surface area (Å²) in [6, 6.07) is 0.248. The first-order chi connectivity index (χ1) is 9.95. The second-order valence-electron chi connectivity index (χ2n) is 8.55. The second-order valence-corrected chi connectivity index (χ2v) is 8.55. The van der Waals surface area contributed by atoms with Gasteiger partial charge in [0.2, 0.25) is 0 Å². The summed E-state index contributed by atoms with van der Waals surface area (Å²) in [7, 11) is 0. The molecule has 2 nitrogen and oxygen atoms in total. The predicted molar refractivity (Wildman–Crippen MR) is 85.5 cm³/mol. The highest BCUT2D eigenvalue weighted by molar-refractivity contribution is 5.23. The van der Waals surface area contributed by atoms with Gasteiger partial charge in [0.1, 0.15) is 0 Å². The van der Waals surface area contributed by atoms with Crippen molar-refractivity contribution in [1.82, 2.24) is 0 Å². The van der Waals surface area contributed by atoms with Gasteiger partial charge in [-0.3, -0.25) is 0 Å². The number of allylic oxidation sites excluding steroid dienone is 2. The molecule has 3 N–H and O–H groups in total. The minimum atomic E-state index is -0.215. The van der Waals surface area contributed by atoms with Gasteiger partial charge in [-0.2, -0.15) is 0 Å². The van der Waals surface area contributed by atoms with Crippen LogP contribution in [0.15, 0.2) is 24.3 Å². The van der Waals surface area contributed by atoms with Crippen LogP contribution in [0.5, 0.6) is 0 Å². The Bertz CT molecular complexity index is 498. The van der Waals surface area contributed by atoms with Crippen LogP contribution >= 0.6 is 0 Å². The lowest BCUT2D eigenvalue weighted by Gasteiger charge is -2.59. The Morgan fingerprint density at radius 2 is 1.90 bits per heavy atom. The summed E-state index contributed by atoms with van der Waals surface area (Å²) in [5.41, 5.74) is 6.98. The second kappa shape index (κ2) is 4.45. The number of aliphatic hydroxyl groups is 1. The topological polar surface area (TPSA) is 46.2 Å². The molecule has 0 aromatic rings. The third-order valence-electron chi connectivity index (χ3n) is 7.75. The lowest BCUT2D eigenvalue weighted by Crippen LogP contribution is -2.54. The first-order valence-electron chi connectivity index (χ1n) is 8.76. The molecule has 2 fully saturated rings. The van der Waals surface area contributed by atoms with E-state index in [4.69, 9.17) is 5.73 Å². The normalized spacial score (nSPS) is 58.5. The van der Waals surface area contributed by atoms with E-state index in [1.807, 2.05) is 0 Å².